The first kappa shape index (κ1) is 15.7. The zero-order valence-corrected chi connectivity index (χ0v) is 14.1. The zero-order chi connectivity index (χ0) is 15.4. The van der Waals surface area contributed by atoms with E-state index in [9.17, 15) is 4.79 Å². The Morgan fingerprint density at radius 2 is 2.23 bits per heavy atom. The minimum Gasteiger partial charge on any atom is -0.493 e. The maximum absolute atomic E-state index is 12.0. The van der Waals surface area contributed by atoms with Crippen LogP contribution in [0.15, 0.2) is 18.2 Å². The van der Waals surface area contributed by atoms with Gasteiger partial charge in [0.15, 0.2) is 0 Å². The van der Waals surface area contributed by atoms with Crippen molar-refractivity contribution in [1.82, 2.24) is 5.32 Å². The van der Waals surface area contributed by atoms with Crippen LogP contribution in [0.3, 0.4) is 0 Å². The quantitative estimate of drug-likeness (QED) is 0.874. The highest BCUT2D eigenvalue weighted by Crippen LogP contribution is 2.29. The van der Waals surface area contributed by atoms with Crippen LogP contribution in [0.4, 0.5) is 0 Å². The van der Waals surface area contributed by atoms with Gasteiger partial charge in [0.1, 0.15) is 5.75 Å². The molecule has 22 heavy (non-hydrogen) atoms. The lowest BCUT2D eigenvalue weighted by Crippen LogP contribution is -2.35. The molecule has 3 nitrogen and oxygen atoms in total. The maximum atomic E-state index is 12.0. The van der Waals surface area contributed by atoms with Crippen LogP contribution in [0.25, 0.3) is 0 Å². The normalized spacial score (nSPS) is 18.8. The van der Waals surface area contributed by atoms with Crippen LogP contribution in [0.2, 0.25) is 0 Å². The summed E-state index contributed by atoms with van der Waals surface area (Å²) in [5.74, 6) is 1.80. The number of benzene rings is 1. The smallest absolute Gasteiger partial charge is 0.230 e. The largest absolute Gasteiger partial charge is 0.493 e. The summed E-state index contributed by atoms with van der Waals surface area (Å²) in [5.41, 5.74) is 2.58. The lowest BCUT2D eigenvalue weighted by molar-refractivity contribution is -0.119. The SMILES string of the molecule is C[C@H](Cc1ccc2c(c1)CCO2)NC(=O)CSC1CCCC1. The van der Waals surface area contributed by atoms with Gasteiger partial charge in [-0.15, -0.1) is 11.8 Å². The summed E-state index contributed by atoms with van der Waals surface area (Å²) in [6.45, 7) is 2.88. The number of thioether (sulfide) groups is 1. The molecule has 0 unspecified atom stereocenters. The highest BCUT2D eigenvalue weighted by Gasteiger charge is 2.18. The van der Waals surface area contributed by atoms with Gasteiger partial charge in [0.05, 0.1) is 12.4 Å². The maximum Gasteiger partial charge on any atom is 0.230 e. The molecule has 1 saturated carbocycles. The molecule has 1 heterocycles. The molecule has 1 aliphatic heterocycles. The molecule has 0 aromatic heterocycles. The number of hydrogen-bond donors (Lipinski definition) is 1. The van der Waals surface area contributed by atoms with E-state index < -0.39 is 0 Å². The molecule has 2 aliphatic rings. The van der Waals surface area contributed by atoms with Crippen molar-refractivity contribution < 1.29 is 9.53 Å². The van der Waals surface area contributed by atoms with E-state index in [1.54, 1.807) is 0 Å². The highest BCUT2D eigenvalue weighted by molar-refractivity contribution is 8.00. The molecule has 0 spiro atoms. The van der Waals surface area contributed by atoms with Gasteiger partial charge in [-0.3, -0.25) is 4.79 Å². The summed E-state index contributed by atoms with van der Waals surface area (Å²) >= 11 is 1.83. The summed E-state index contributed by atoms with van der Waals surface area (Å²) in [7, 11) is 0. The predicted molar refractivity (Wildman–Crippen MR) is 91.7 cm³/mol. The van der Waals surface area contributed by atoms with Crippen LogP contribution in [-0.4, -0.2) is 29.6 Å². The minimum absolute atomic E-state index is 0.175. The van der Waals surface area contributed by atoms with Gasteiger partial charge in [-0.1, -0.05) is 25.0 Å². The third kappa shape index (κ3) is 4.19. The van der Waals surface area contributed by atoms with E-state index in [1.165, 1.54) is 36.8 Å². The van der Waals surface area contributed by atoms with E-state index in [1.807, 2.05) is 11.8 Å². The second kappa shape index (κ2) is 7.40. The average Bonchev–Trinajstić information content (AvgIpc) is 3.15. The lowest BCUT2D eigenvalue weighted by atomic mass is 10.0. The Kier molecular flexibility index (Phi) is 5.29. The number of carbonyl (C=O) groups is 1. The summed E-state index contributed by atoms with van der Waals surface area (Å²) < 4.78 is 5.53. The second-order valence-electron chi connectivity index (χ2n) is 6.43. The Balaban J connectivity index is 1.43. The summed E-state index contributed by atoms with van der Waals surface area (Å²) in [6, 6.07) is 6.57. The number of ether oxygens (including phenoxy) is 1. The molecule has 0 saturated heterocycles. The van der Waals surface area contributed by atoms with Gasteiger partial charge in [-0.25, -0.2) is 0 Å². The summed E-state index contributed by atoms with van der Waals surface area (Å²) in [5, 5.41) is 3.84. The van der Waals surface area contributed by atoms with Crippen LogP contribution >= 0.6 is 11.8 Å². The summed E-state index contributed by atoms with van der Waals surface area (Å²) in [4.78, 5) is 12.0. The van der Waals surface area contributed by atoms with Crippen LogP contribution in [0.1, 0.15) is 43.7 Å². The van der Waals surface area contributed by atoms with Gasteiger partial charge in [0.2, 0.25) is 5.91 Å². The lowest BCUT2D eigenvalue weighted by Gasteiger charge is -2.15. The van der Waals surface area contributed by atoms with Crippen LogP contribution in [0.5, 0.6) is 5.75 Å². The van der Waals surface area contributed by atoms with Crippen molar-refractivity contribution in [3.63, 3.8) is 0 Å². The molecule has 1 aromatic carbocycles. The van der Waals surface area contributed by atoms with Crippen molar-refractivity contribution in [1.29, 1.82) is 0 Å². The average molecular weight is 319 g/mol. The van der Waals surface area contributed by atoms with Gasteiger partial charge < -0.3 is 10.1 Å². The molecule has 1 N–H and O–H groups in total. The van der Waals surface area contributed by atoms with E-state index >= 15 is 0 Å². The van der Waals surface area contributed by atoms with E-state index in [4.69, 9.17) is 4.74 Å². The van der Waals surface area contributed by atoms with E-state index in [0.717, 1.165) is 25.2 Å². The van der Waals surface area contributed by atoms with Gasteiger partial charge in [0, 0.05) is 17.7 Å². The van der Waals surface area contributed by atoms with Crippen LogP contribution in [-0.2, 0) is 17.6 Å². The molecule has 0 radical (unpaired) electrons. The fraction of sp³-hybridized carbons (Fsp3) is 0.611. The predicted octanol–water partition coefficient (Wildman–Crippen LogP) is 3.34. The van der Waals surface area contributed by atoms with E-state index in [-0.39, 0.29) is 11.9 Å². The van der Waals surface area contributed by atoms with E-state index in [0.29, 0.717) is 11.0 Å². The monoisotopic (exact) mass is 319 g/mol. The van der Waals surface area contributed by atoms with Crippen molar-refractivity contribution in [2.75, 3.05) is 12.4 Å². The van der Waals surface area contributed by atoms with Crippen molar-refractivity contribution in [3.8, 4) is 5.75 Å². The van der Waals surface area contributed by atoms with Gasteiger partial charge in [0.25, 0.3) is 0 Å². The van der Waals surface area contributed by atoms with Crippen molar-refractivity contribution in [3.05, 3.63) is 29.3 Å². The Morgan fingerprint density at radius 1 is 1.41 bits per heavy atom. The van der Waals surface area contributed by atoms with E-state index in [2.05, 4.69) is 30.4 Å². The molecular formula is C18H25NO2S. The Bertz CT molecular complexity index is 526. The minimum atomic E-state index is 0.175. The Hall–Kier alpha value is -1.16. The number of fused-ring (bicyclic) bond motifs is 1. The standard InChI is InChI=1S/C18H25NO2S/c1-13(19-18(20)12-22-16-4-2-3-5-16)10-14-6-7-17-15(11-14)8-9-21-17/h6-7,11,13,16H,2-5,8-10,12H2,1H3,(H,19,20)/t13-/m1/s1. The molecule has 4 heteroatoms. The molecule has 1 aromatic rings. The van der Waals surface area contributed by atoms with Crippen molar-refractivity contribution >= 4 is 17.7 Å². The first-order valence-electron chi connectivity index (χ1n) is 8.36. The number of hydrogen-bond acceptors (Lipinski definition) is 3. The Labute approximate surface area is 137 Å². The van der Waals surface area contributed by atoms with Gasteiger partial charge in [-0.05, 0) is 43.4 Å². The zero-order valence-electron chi connectivity index (χ0n) is 13.3. The molecule has 1 aliphatic carbocycles. The fourth-order valence-corrected chi connectivity index (χ4v) is 4.47. The third-order valence-corrected chi connectivity index (χ3v) is 5.83. The van der Waals surface area contributed by atoms with Crippen molar-refractivity contribution in [2.45, 2.75) is 56.7 Å². The van der Waals surface area contributed by atoms with Crippen LogP contribution < -0.4 is 10.1 Å². The molecular weight excluding hydrogens is 294 g/mol. The van der Waals surface area contributed by atoms with Crippen LogP contribution in [0, 0.1) is 0 Å². The number of amides is 1. The number of nitrogens with one attached hydrogen (secondary N) is 1. The molecule has 1 atom stereocenters. The molecule has 1 fully saturated rings. The molecule has 3 rings (SSSR count). The first-order valence-corrected chi connectivity index (χ1v) is 9.41. The van der Waals surface area contributed by atoms with Gasteiger partial charge in [-0.2, -0.15) is 0 Å². The summed E-state index contributed by atoms with van der Waals surface area (Å²) in [6.07, 6.45) is 7.11. The fourth-order valence-electron chi connectivity index (χ4n) is 3.34. The molecule has 120 valence electrons. The topological polar surface area (TPSA) is 38.3 Å². The number of rotatable bonds is 6. The van der Waals surface area contributed by atoms with Crippen molar-refractivity contribution in [2.24, 2.45) is 0 Å². The van der Waals surface area contributed by atoms with Gasteiger partial charge >= 0.3 is 0 Å². The Morgan fingerprint density at radius 3 is 3.05 bits per heavy atom. The molecule has 0 bridgehead atoms. The molecule has 1 amide bonds. The third-order valence-electron chi connectivity index (χ3n) is 4.46. The number of carbonyl (C=O) groups excluding carboxylic acids is 1. The second-order valence-corrected chi connectivity index (χ2v) is 7.72. The first-order chi connectivity index (χ1) is 10.7. The highest BCUT2D eigenvalue weighted by atomic mass is 32.2.